The number of amides is 13. The minimum Gasteiger partial charge on any atom is -0.481 e. The molecule has 0 saturated carbocycles. The second-order valence-electron chi connectivity index (χ2n) is 26.9. The summed E-state index contributed by atoms with van der Waals surface area (Å²) in [6.45, 7) is 11.7. The highest BCUT2D eigenvalue weighted by Gasteiger charge is 2.38. The first-order chi connectivity index (χ1) is 48.8. The van der Waals surface area contributed by atoms with Gasteiger partial charge < -0.3 is 100 Å². The van der Waals surface area contributed by atoms with Crippen molar-refractivity contribution in [3.63, 3.8) is 0 Å². The van der Waals surface area contributed by atoms with E-state index < -0.39 is 187 Å². The number of aliphatic hydroxyl groups is 1. The average Bonchev–Trinajstić information content (AvgIpc) is 1.74. The third kappa shape index (κ3) is 24.8. The zero-order chi connectivity index (χ0) is 75.8. The van der Waals surface area contributed by atoms with Crippen molar-refractivity contribution >= 4 is 105 Å². The molecule has 0 aliphatic carbocycles. The van der Waals surface area contributed by atoms with Crippen LogP contribution in [0.2, 0.25) is 0 Å². The quantitative estimate of drug-likeness (QED) is 0.0415. The number of hydrogen-bond donors (Lipinski definition) is 19. The topological polar surface area (TPSA) is 522 Å². The molecule has 103 heavy (non-hydrogen) atoms. The fraction of sp³-hybridized carbons (Fsp3) is 0.522. The molecule has 6 rings (SSSR count). The Balaban J connectivity index is 1.37. The molecule has 2 aromatic carbocycles. The molecule has 0 bridgehead atoms. The van der Waals surface area contributed by atoms with Crippen molar-refractivity contribution in [3.8, 4) is 0 Å². The normalized spacial score (nSPS) is 23.6. The Hall–Kier alpha value is -10.8. The van der Waals surface area contributed by atoms with Gasteiger partial charge in [0, 0.05) is 78.3 Å². The van der Waals surface area contributed by atoms with Crippen LogP contribution in [-0.4, -0.2) is 206 Å². The Kier molecular flexibility index (Phi) is 30.6. The summed E-state index contributed by atoms with van der Waals surface area (Å²) in [5, 5.41) is 55.6. The van der Waals surface area contributed by atoms with Gasteiger partial charge in [-0.1, -0.05) is 77.9 Å². The predicted octanol–water partition coefficient (Wildman–Crippen LogP) is -2.25. The number of fused-ring (bicyclic) bond motifs is 2. The maximum atomic E-state index is 14.9. The van der Waals surface area contributed by atoms with Crippen LogP contribution in [0.1, 0.15) is 117 Å². The van der Waals surface area contributed by atoms with Gasteiger partial charge >= 0.3 is 5.97 Å². The number of carbonyl (C=O) groups is 14. The number of hydrogen-bond acceptors (Lipinski definition) is 17. The fourth-order valence-electron chi connectivity index (χ4n) is 11.6. The van der Waals surface area contributed by atoms with Crippen LogP contribution in [0.4, 0.5) is 0 Å². The van der Waals surface area contributed by atoms with Crippen molar-refractivity contribution in [3.05, 3.63) is 90.3 Å². The Morgan fingerprint density at radius 3 is 1.62 bits per heavy atom. The maximum Gasteiger partial charge on any atom is 0.303 e. The number of carboxylic acid groups (broad SMARTS) is 1. The molecule has 1 fully saturated rings. The van der Waals surface area contributed by atoms with E-state index in [2.05, 4.69) is 89.1 Å². The summed E-state index contributed by atoms with van der Waals surface area (Å²) in [6, 6.07) is -1.94. The lowest BCUT2D eigenvalue weighted by Crippen LogP contribution is -2.61. The summed E-state index contributed by atoms with van der Waals surface area (Å²) < 4.78 is 0. The molecular formula is C69H98N18O16. The van der Waals surface area contributed by atoms with Crippen molar-refractivity contribution in [2.45, 2.75) is 192 Å². The number of para-hydroxylation sites is 2. The van der Waals surface area contributed by atoms with E-state index in [0.29, 0.717) is 38.6 Å². The number of nitrogens with one attached hydrogen (secondary N) is 16. The van der Waals surface area contributed by atoms with Crippen LogP contribution in [-0.2, 0) is 86.4 Å². The maximum absolute atomic E-state index is 14.9. The molecule has 5 aromatic rings. The van der Waals surface area contributed by atoms with Gasteiger partial charge in [-0.05, 0) is 94.0 Å². The van der Waals surface area contributed by atoms with Crippen molar-refractivity contribution in [2.75, 3.05) is 20.1 Å². The van der Waals surface area contributed by atoms with Crippen LogP contribution in [0.5, 0.6) is 0 Å². The number of imidazole rings is 1. The van der Waals surface area contributed by atoms with Gasteiger partial charge in [0.05, 0.1) is 31.4 Å². The molecule has 3 aromatic heterocycles. The number of nitrogens with zero attached hydrogens (tertiary/aromatic N) is 1. The third-order valence-electron chi connectivity index (χ3n) is 17.2. The van der Waals surface area contributed by atoms with E-state index in [1.54, 1.807) is 102 Å². The first-order valence-electron chi connectivity index (χ1n) is 34.3. The molecule has 4 heterocycles. The van der Waals surface area contributed by atoms with Gasteiger partial charge in [0.1, 0.15) is 60.4 Å². The van der Waals surface area contributed by atoms with Gasteiger partial charge in [0.2, 0.25) is 76.8 Å². The second-order valence-corrected chi connectivity index (χ2v) is 26.9. The summed E-state index contributed by atoms with van der Waals surface area (Å²) in [5.74, 6) is -14.5. The Bertz CT molecular complexity index is 3810. The van der Waals surface area contributed by atoms with Crippen LogP contribution in [0.15, 0.2) is 73.4 Å². The number of carboxylic acids is 1. The van der Waals surface area contributed by atoms with E-state index in [-0.39, 0.29) is 63.3 Å². The number of likely N-dealkylation sites (N-methyl/N-ethyl adjacent to an activating group) is 1. The number of aliphatic hydroxyl groups excluding tert-OH is 1. The van der Waals surface area contributed by atoms with Crippen LogP contribution >= 0.6 is 0 Å². The van der Waals surface area contributed by atoms with E-state index in [1.165, 1.54) is 33.4 Å². The minimum atomic E-state index is -1.64. The molecular weight excluding hydrogens is 1340 g/mol. The van der Waals surface area contributed by atoms with Crippen LogP contribution < -0.4 is 74.9 Å². The highest BCUT2D eigenvalue weighted by atomic mass is 16.4. The highest BCUT2D eigenvalue weighted by Crippen LogP contribution is 2.22. The lowest BCUT2D eigenvalue weighted by molar-refractivity contribution is -0.138. The number of H-pyrrole nitrogens is 3. The van der Waals surface area contributed by atoms with Gasteiger partial charge in [-0.15, -0.1) is 0 Å². The molecule has 20 N–H and O–H groups in total. The molecule has 560 valence electrons. The summed E-state index contributed by atoms with van der Waals surface area (Å²) in [7, 11) is 1.40. The molecule has 12 atom stereocenters. The molecule has 1 saturated heterocycles. The van der Waals surface area contributed by atoms with Gasteiger partial charge in [-0.25, -0.2) is 4.98 Å². The first-order valence-corrected chi connectivity index (χ1v) is 34.3. The molecule has 0 spiro atoms. The lowest BCUT2D eigenvalue weighted by Gasteiger charge is -2.29. The monoisotopic (exact) mass is 1430 g/mol. The molecule has 1 aliphatic rings. The number of rotatable bonds is 19. The molecule has 13 amide bonds. The molecule has 1 aliphatic heterocycles. The van der Waals surface area contributed by atoms with Crippen LogP contribution in [0, 0.1) is 17.8 Å². The second kappa shape index (κ2) is 38.9. The van der Waals surface area contributed by atoms with Gasteiger partial charge in [0.25, 0.3) is 0 Å². The lowest BCUT2D eigenvalue weighted by atomic mass is 9.98. The average molecular weight is 1440 g/mol. The Labute approximate surface area is 594 Å². The zero-order valence-corrected chi connectivity index (χ0v) is 59.2. The van der Waals surface area contributed by atoms with Crippen molar-refractivity contribution in [1.29, 1.82) is 0 Å². The van der Waals surface area contributed by atoms with Gasteiger partial charge in [0.15, 0.2) is 0 Å². The largest absolute Gasteiger partial charge is 0.481 e. The van der Waals surface area contributed by atoms with Crippen molar-refractivity contribution < 1.29 is 77.3 Å². The number of primary amides is 1. The van der Waals surface area contributed by atoms with E-state index in [0.717, 1.165) is 0 Å². The number of nitrogens with two attached hydrogens (primary N) is 1. The number of aromatic amines is 3. The molecule has 0 unspecified atom stereocenters. The zero-order valence-electron chi connectivity index (χ0n) is 59.2. The summed E-state index contributed by atoms with van der Waals surface area (Å²) in [4.78, 5) is 210. The summed E-state index contributed by atoms with van der Waals surface area (Å²) in [5.41, 5.74) is 8.39. The molecule has 34 nitrogen and oxygen atoms in total. The van der Waals surface area contributed by atoms with Gasteiger partial charge in [-0.3, -0.25) is 67.1 Å². The van der Waals surface area contributed by atoms with Crippen molar-refractivity contribution in [1.82, 2.24) is 89.1 Å². The fourth-order valence-corrected chi connectivity index (χ4v) is 11.6. The van der Waals surface area contributed by atoms with E-state index in [9.17, 15) is 77.3 Å². The number of aliphatic carboxylic acids is 1. The SMILES string of the molecule is CN[C@H]1CC(=O)NCCC[C@@H](C(=O)N[C@H](C(N)=O)[C@@H](C)O)NC(=O)[C@H](Cc2c[nH]c3ccccc23)NC(=O)[C@H](C(C)C)NC(=O)[C@H](CC(C)C)NC(=O)[C@H](CCC(=O)O)NC(=O)CNC(=O)[C@H](CC(C)C)NC(=O)[C@H](Cc2cnc[nH]2)NC(=O)[C@H](Cc2c[nH]c3ccccc23)NC(=O)[C@H](C)NC1=O. The highest BCUT2D eigenvalue weighted by molar-refractivity contribution is 6.00. The van der Waals surface area contributed by atoms with E-state index >= 15 is 0 Å². The standard InChI is InChI=1S/C69H98N18O16/c1-34(2)23-49-61(95)76-32-55(90)79-47(20-21-56(91)92)62(96)83-50(24-35(3)4)68(102)86-57(36(5)6)69(103)85-52(26-40-30-75-45-18-13-11-16-43(40)45)65(99)80-46(63(97)87-58(38(8)88)59(70)93)19-14-22-73-54(89)28-48(71-9)64(98)78-37(7)60(94)81-51(25-39-29-74-44-17-12-10-15-42(39)44)66(100)84-53(67(101)82-49)27-41-31-72-33-77-41/h10-13,15-18,29-31,33-38,46-53,57-58,71,74-75,88H,14,19-28,32H2,1-9H3,(H2,70,93)(H,72,77)(H,73,89)(H,76,95)(H,78,98)(H,79,90)(H,80,99)(H,81,94)(H,82,101)(H,83,96)(H,84,100)(H,85,103)(H,86,102)(H,87,97)(H,91,92)/t37-,38+,46-,47-,48-,49-,50-,51-,52-,53-,57-,58-/m0/s1. The van der Waals surface area contributed by atoms with Crippen LogP contribution in [0.25, 0.3) is 21.8 Å². The smallest absolute Gasteiger partial charge is 0.303 e. The number of benzene rings is 2. The predicted molar refractivity (Wildman–Crippen MR) is 375 cm³/mol. The Morgan fingerprint density at radius 2 is 1.10 bits per heavy atom. The molecule has 0 radical (unpaired) electrons. The first kappa shape index (κ1) is 81.2. The van der Waals surface area contributed by atoms with Crippen LogP contribution in [0.3, 0.4) is 0 Å². The van der Waals surface area contributed by atoms with Crippen molar-refractivity contribution in [2.24, 2.45) is 23.5 Å². The van der Waals surface area contributed by atoms with E-state index in [4.69, 9.17) is 5.73 Å². The van der Waals surface area contributed by atoms with Gasteiger partial charge in [-0.2, -0.15) is 0 Å². The summed E-state index contributed by atoms with van der Waals surface area (Å²) >= 11 is 0. The number of aromatic nitrogens is 4. The third-order valence-corrected chi connectivity index (χ3v) is 17.2. The summed E-state index contributed by atoms with van der Waals surface area (Å²) in [6.07, 6.45) is 1.82. The minimum absolute atomic E-state index is 0.0110. The van der Waals surface area contributed by atoms with E-state index in [1.807, 2.05) is 0 Å². The molecule has 34 heteroatoms. The number of carbonyl (C=O) groups excluding carboxylic acids is 13. The Morgan fingerprint density at radius 1 is 0.583 bits per heavy atom.